The number of rotatable bonds is 3. The van der Waals surface area contributed by atoms with Gasteiger partial charge in [0.05, 0.1) is 6.04 Å². The summed E-state index contributed by atoms with van der Waals surface area (Å²) in [4.78, 5) is 11.9. The molecule has 1 aliphatic rings. The molecular formula is C15H21NO2S. The van der Waals surface area contributed by atoms with Crippen LogP contribution in [-0.4, -0.2) is 21.6 Å². The van der Waals surface area contributed by atoms with E-state index in [9.17, 15) is 4.79 Å². The molecule has 4 heteroatoms. The molecule has 2 rings (SSSR count). The number of carbonyl (C=O) groups is 1. The monoisotopic (exact) mass is 279 g/mol. The molecule has 0 bridgehead atoms. The summed E-state index contributed by atoms with van der Waals surface area (Å²) in [6.07, 6.45) is -0.338. The second kappa shape index (κ2) is 5.08. The third-order valence-corrected chi connectivity index (χ3v) is 4.92. The summed E-state index contributed by atoms with van der Waals surface area (Å²) in [7, 11) is 0. The van der Waals surface area contributed by atoms with E-state index < -0.39 is 0 Å². The molecule has 0 aliphatic carbocycles. The minimum atomic E-state index is -0.338. The molecular weight excluding hydrogens is 258 g/mol. The standard InChI is InChI=1S/C15H21NO2S/c1-14(2)12(15(3,4)19-14)16-13(17)18-10-11-8-6-5-7-9-11/h5-9,12H,10H2,1-4H3,(H,16,17). The van der Waals surface area contributed by atoms with Gasteiger partial charge in [0.1, 0.15) is 6.61 Å². The Kier molecular flexibility index (Phi) is 3.81. The van der Waals surface area contributed by atoms with Gasteiger partial charge in [0.25, 0.3) is 0 Å². The first-order valence-electron chi connectivity index (χ1n) is 6.49. The van der Waals surface area contributed by atoms with Crippen molar-refractivity contribution in [3.05, 3.63) is 35.9 Å². The van der Waals surface area contributed by atoms with Crippen LogP contribution < -0.4 is 5.32 Å². The van der Waals surface area contributed by atoms with Gasteiger partial charge in [-0.1, -0.05) is 30.3 Å². The fourth-order valence-electron chi connectivity index (χ4n) is 2.81. The molecule has 0 atom stereocenters. The molecule has 0 saturated carbocycles. The Balaban J connectivity index is 1.85. The summed E-state index contributed by atoms with van der Waals surface area (Å²) in [6, 6.07) is 9.84. The molecule has 1 amide bonds. The molecule has 1 aromatic rings. The summed E-state index contributed by atoms with van der Waals surface area (Å²) in [6.45, 7) is 8.89. The van der Waals surface area contributed by atoms with E-state index in [4.69, 9.17) is 4.74 Å². The highest BCUT2D eigenvalue weighted by molar-refractivity contribution is 8.03. The number of benzene rings is 1. The molecule has 1 heterocycles. The molecule has 1 aliphatic heterocycles. The van der Waals surface area contributed by atoms with E-state index in [1.807, 2.05) is 42.1 Å². The minimum Gasteiger partial charge on any atom is -0.445 e. The Morgan fingerprint density at radius 3 is 2.32 bits per heavy atom. The predicted octanol–water partition coefficient (Wildman–Crippen LogP) is 3.59. The minimum absolute atomic E-state index is 0.0647. The van der Waals surface area contributed by atoms with Crippen LogP contribution in [-0.2, 0) is 11.3 Å². The maximum Gasteiger partial charge on any atom is 0.407 e. The van der Waals surface area contributed by atoms with Gasteiger partial charge in [-0.2, -0.15) is 0 Å². The van der Waals surface area contributed by atoms with Crippen molar-refractivity contribution in [2.75, 3.05) is 0 Å². The normalized spacial score (nSPS) is 20.4. The lowest BCUT2D eigenvalue weighted by Crippen LogP contribution is -2.67. The second-order valence-corrected chi connectivity index (χ2v) is 8.26. The number of amides is 1. The molecule has 0 radical (unpaired) electrons. The van der Waals surface area contributed by atoms with Crippen molar-refractivity contribution in [3.63, 3.8) is 0 Å². The van der Waals surface area contributed by atoms with Crippen LogP contribution in [0.5, 0.6) is 0 Å². The number of nitrogens with one attached hydrogen (secondary N) is 1. The van der Waals surface area contributed by atoms with Crippen LogP contribution in [0.25, 0.3) is 0 Å². The Bertz CT molecular complexity index is 442. The van der Waals surface area contributed by atoms with Crippen LogP contribution in [0.4, 0.5) is 4.79 Å². The van der Waals surface area contributed by atoms with E-state index in [1.54, 1.807) is 0 Å². The maximum absolute atomic E-state index is 11.9. The molecule has 1 N–H and O–H groups in total. The molecule has 0 unspecified atom stereocenters. The average Bonchev–Trinajstić information content (AvgIpc) is 2.33. The van der Waals surface area contributed by atoms with E-state index in [2.05, 4.69) is 33.0 Å². The SMILES string of the molecule is CC1(C)SC(C)(C)C1NC(=O)OCc1ccccc1. The van der Waals surface area contributed by atoms with Crippen LogP contribution in [0.15, 0.2) is 30.3 Å². The van der Waals surface area contributed by atoms with E-state index in [0.717, 1.165) is 5.56 Å². The fraction of sp³-hybridized carbons (Fsp3) is 0.533. The van der Waals surface area contributed by atoms with Crippen molar-refractivity contribution in [1.82, 2.24) is 5.32 Å². The van der Waals surface area contributed by atoms with Gasteiger partial charge in [-0.3, -0.25) is 0 Å². The number of alkyl carbamates (subject to hydrolysis) is 1. The smallest absolute Gasteiger partial charge is 0.407 e. The fourth-order valence-corrected chi connectivity index (χ4v) is 4.92. The highest BCUT2D eigenvalue weighted by Gasteiger charge is 2.54. The zero-order valence-corrected chi connectivity index (χ0v) is 12.7. The number of hydrogen-bond donors (Lipinski definition) is 1. The molecule has 104 valence electrons. The zero-order valence-electron chi connectivity index (χ0n) is 11.9. The van der Waals surface area contributed by atoms with Gasteiger partial charge in [-0.05, 0) is 33.3 Å². The van der Waals surface area contributed by atoms with E-state index >= 15 is 0 Å². The lowest BCUT2D eigenvalue weighted by molar-refractivity contribution is 0.129. The van der Waals surface area contributed by atoms with Crippen molar-refractivity contribution < 1.29 is 9.53 Å². The molecule has 3 nitrogen and oxygen atoms in total. The first kappa shape index (κ1) is 14.3. The quantitative estimate of drug-likeness (QED) is 0.919. The largest absolute Gasteiger partial charge is 0.445 e. The van der Waals surface area contributed by atoms with Gasteiger partial charge in [-0.15, -0.1) is 11.8 Å². The highest BCUT2D eigenvalue weighted by atomic mass is 32.2. The summed E-state index contributed by atoms with van der Waals surface area (Å²) in [5.41, 5.74) is 0.999. The number of ether oxygens (including phenoxy) is 1. The third kappa shape index (κ3) is 3.24. The number of carbonyl (C=O) groups excluding carboxylic acids is 1. The molecule has 1 aromatic carbocycles. The Morgan fingerprint density at radius 2 is 1.79 bits per heavy atom. The molecule has 1 saturated heterocycles. The molecule has 0 aromatic heterocycles. The van der Waals surface area contributed by atoms with E-state index in [1.165, 1.54) is 0 Å². The van der Waals surface area contributed by atoms with Gasteiger partial charge in [-0.25, -0.2) is 4.79 Å². The van der Waals surface area contributed by atoms with Gasteiger partial charge < -0.3 is 10.1 Å². The summed E-state index contributed by atoms with van der Waals surface area (Å²) in [5.74, 6) is 0. The molecule has 19 heavy (non-hydrogen) atoms. The van der Waals surface area contributed by atoms with Gasteiger partial charge >= 0.3 is 6.09 Å². The van der Waals surface area contributed by atoms with E-state index in [0.29, 0.717) is 6.61 Å². The lowest BCUT2D eigenvalue weighted by Gasteiger charge is -2.56. The Hall–Kier alpha value is -1.16. The number of hydrogen-bond acceptors (Lipinski definition) is 3. The zero-order chi connectivity index (χ0) is 14.1. The Labute approximate surface area is 119 Å². The van der Waals surface area contributed by atoms with E-state index in [-0.39, 0.29) is 21.6 Å². The van der Waals surface area contributed by atoms with Gasteiger partial charge in [0.2, 0.25) is 0 Å². The predicted molar refractivity (Wildman–Crippen MR) is 79.3 cm³/mol. The van der Waals surface area contributed by atoms with Gasteiger partial charge in [0, 0.05) is 9.49 Å². The third-order valence-electron chi connectivity index (χ3n) is 3.39. The average molecular weight is 279 g/mol. The van der Waals surface area contributed by atoms with Crippen molar-refractivity contribution in [1.29, 1.82) is 0 Å². The highest BCUT2D eigenvalue weighted by Crippen LogP contribution is 2.54. The van der Waals surface area contributed by atoms with Crippen LogP contribution in [0, 0.1) is 0 Å². The first-order chi connectivity index (χ1) is 8.81. The molecule has 0 spiro atoms. The summed E-state index contributed by atoms with van der Waals surface area (Å²) in [5, 5.41) is 2.99. The van der Waals surface area contributed by atoms with Crippen LogP contribution in [0.3, 0.4) is 0 Å². The maximum atomic E-state index is 11.9. The van der Waals surface area contributed by atoms with Crippen LogP contribution >= 0.6 is 11.8 Å². The van der Waals surface area contributed by atoms with Crippen LogP contribution in [0.1, 0.15) is 33.3 Å². The Morgan fingerprint density at radius 1 is 1.21 bits per heavy atom. The first-order valence-corrected chi connectivity index (χ1v) is 7.30. The number of thioether (sulfide) groups is 1. The second-order valence-electron chi connectivity index (χ2n) is 5.95. The lowest BCUT2D eigenvalue weighted by atomic mass is 9.89. The summed E-state index contributed by atoms with van der Waals surface area (Å²) < 4.78 is 5.39. The van der Waals surface area contributed by atoms with Crippen molar-refractivity contribution >= 4 is 17.9 Å². The molecule has 1 fully saturated rings. The van der Waals surface area contributed by atoms with Crippen molar-refractivity contribution in [3.8, 4) is 0 Å². The topological polar surface area (TPSA) is 38.3 Å². The van der Waals surface area contributed by atoms with Crippen molar-refractivity contribution in [2.45, 2.75) is 49.8 Å². The van der Waals surface area contributed by atoms with Gasteiger partial charge in [0.15, 0.2) is 0 Å². The summed E-state index contributed by atoms with van der Waals surface area (Å²) >= 11 is 1.88. The van der Waals surface area contributed by atoms with Crippen molar-refractivity contribution in [2.24, 2.45) is 0 Å². The van der Waals surface area contributed by atoms with Crippen LogP contribution in [0.2, 0.25) is 0 Å².